The smallest absolute Gasteiger partial charge is 0.294 e. The Morgan fingerprint density at radius 3 is 2.47 bits per heavy atom. The molecule has 0 spiro atoms. The number of para-hydroxylation sites is 2. The van der Waals surface area contributed by atoms with Gasteiger partial charge in [-0.05, 0) is 93.2 Å². The van der Waals surface area contributed by atoms with E-state index in [1.165, 1.54) is 51.5 Å². The summed E-state index contributed by atoms with van der Waals surface area (Å²) >= 11 is 0. The summed E-state index contributed by atoms with van der Waals surface area (Å²) in [5.74, 6) is 3.58. The number of aromatic nitrogens is 2. The zero-order chi connectivity index (χ0) is 26.2. The van der Waals surface area contributed by atoms with E-state index >= 15 is 0 Å². The van der Waals surface area contributed by atoms with Gasteiger partial charge in [0.05, 0.1) is 22.7 Å². The maximum atomic E-state index is 14.0. The minimum Gasteiger partial charge on any atom is -0.513 e. The van der Waals surface area contributed by atoms with Gasteiger partial charge in [-0.2, -0.15) is 0 Å². The standard InChI is InChI=1S/C32H44N4O2/c1-20(37)22-18-34(19-22)30-31(38)36(29-10-5-4-9-28(29)33-30)26-16-24-7-6-8-25(17-26)35(24)14-13-21-11-12-23-15-27(21)32(23,2)3/h4-5,9-10,21-27,37H,1,6-8,11-19H2,2-3H3/t21-,23-,24-,25+,26?,27-/m0/s1. The molecule has 3 saturated heterocycles. The number of anilines is 1. The predicted octanol–water partition coefficient (Wildman–Crippen LogP) is 5.92. The second-order valence-electron chi connectivity index (χ2n) is 13.8. The third-order valence-corrected chi connectivity index (χ3v) is 11.7. The molecule has 6 aliphatic rings. The van der Waals surface area contributed by atoms with Crippen LogP contribution in [-0.2, 0) is 0 Å². The molecule has 0 radical (unpaired) electrons. The molecule has 2 aromatic rings. The molecule has 4 heterocycles. The lowest BCUT2D eigenvalue weighted by Gasteiger charge is -2.60. The molecule has 1 unspecified atom stereocenters. The zero-order valence-electron chi connectivity index (χ0n) is 23.2. The molecule has 6 heteroatoms. The molecule has 0 amide bonds. The summed E-state index contributed by atoms with van der Waals surface area (Å²) in [6.45, 7) is 11.2. The van der Waals surface area contributed by atoms with Crippen LogP contribution < -0.4 is 10.5 Å². The third kappa shape index (κ3) is 3.84. The molecule has 6 fully saturated rings. The van der Waals surface area contributed by atoms with E-state index in [9.17, 15) is 9.90 Å². The van der Waals surface area contributed by atoms with E-state index in [-0.39, 0.29) is 23.3 Å². The molecule has 38 heavy (non-hydrogen) atoms. The molecule has 1 N–H and O–H groups in total. The summed E-state index contributed by atoms with van der Waals surface area (Å²) < 4.78 is 2.10. The average molecular weight is 517 g/mol. The van der Waals surface area contributed by atoms with Crippen LogP contribution in [0.5, 0.6) is 0 Å². The van der Waals surface area contributed by atoms with E-state index in [0.29, 0.717) is 36.4 Å². The number of nitrogens with zero attached hydrogens (tertiary/aromatic N) is 4. The maximum Gasteiger partial charge on any atom is 0.294 e. The van der Waals surface area contributed by atoms with Gasteiger partial charge in [0.15, 0.2) is 5.82 Å². The van der Waals surface area contributed by atoms with Gasteiger partial charge in [-0.1, -0.05) is 39.0 Å². The number of hydrogen-bond donors (Lipinski definition) is 1. The van der Waals surface area contributed by atoms with Crippen molar-refractivity contribution in [3.05, 3.63) is 47.0 Å². The van der Waals surface area contributed by atoms with Crippen LogP contribution in [0.25, 0.3) is 11.0 Å². The largest absolute Gasteiger partial charge is 0.513 e. The molecule has 3 saturated carbocycles. The van der Waals surface area contributed by atoms with Gasteiger partial charge in [-0.3, -0.25) is 9.69 Å². The molecule has 1 aromatic heterocycles. The van der Waals surface area contributed by atoms with E-state index < -0.39 is 0 Å². The van der Waals surface area contributed by atoms with E-state index in [2.05, 4.69) is 36.0 Å². The first-order chi connectivity index (χ1) is 18.3. The number of piperidine rings is 2. The Labute approximate surface area is 226 Å². The summed E-state index contributed by atoms with van der Waals surface area (Å²) in [4.78, 5) is 23.7. The topological polar surface area (TPSA) is 61.6 Å². The minimum atomic E-state index is 0.0271. The van der Waals surface area contributed by atoms with Gasteiger partial charge in [0.2, 0.25) is 0 Å². The van der Waals surface area contributed by atoms with Crippen molar-refractivity contribution in [2.45, 2.75) is 89.8 Å². The maximum absolute atomic E-state index is 14.0. The summed E-state index contributed by atoms with van der Waals surface area (Å²) in [6, 6.07) is 9.51. The Hall–Kier alpha value is -2.34. The number of benzene rings is 1. The Morgan fingerprint density at radius 2 is 1.79 bits per heavy atom. The lowest BCUT2D eigenvalue weighted by Crippen LogP contribution is -2.56. The number of aliphatic hydroxyl groups is 1. The highest BCUT2D eigenvalue weighted by atomic mass is 16.3. The molecule has 8 rings (SSSR count). The summed E-state index contributed by atoms with van der Waals surface area (Å²) in [6.07, 6.45) is 11.6. The first kappa shape index (κ1) is 24.7. The van der Waals surface area contributed by atoms with Crippen LogP contribution in [-0.4, -0.2) is 51.3 Å². The Morgan fingerprint density at radius 1 is 1.05 bits per heavy atom. The highest BCUT2D eigenvalue weighted by molar-refractivity contribution is 5.76. The fraction of sp³-hybridized carbons (Fsp3) is 0.688. The van der Waals surface area contributed by atoms with Crippen molar-refractivity contribution in [1.82, 2.24) is 14.5 Å². The van der Waals surface area contributed by atoms with Crippen LogP contribution in [0, 0.1) is 29.1 Å². The lowest BCUT2D eigenvalue weighted by molar-refractivity contribution is -0.111. The van der Waals surface area contributed by atoms with Gasteiger partial charge < -0.3 is 14.6 Å². The van der Waals surface area contributed by atoms with E-state index in [1.54, 1.807) is 0 Å². The van der Waals surface area contributed by atoms with E-state index in [4.69, 9.17) is 4.98 Å². The predicted molar refractivity (Wildman–Crippen MR) is 153 cm³/mol. The van der Waals surface area contributed by atoms with E-state index in [1.807, 2.05) is 23.1 Å². The van der Waals surface area contributed by atoms with Gasteiger partial charge in [-0.25, -0.2) is 4.98 Å². The number of rotatable bonds is 6. The van der Waals surface area contributed by atoms with Gasteiger partial charge in [0.25, 0.3) is 5.56 Å². The first-order valence-electron chi connectivity index (χ1n) is 15.2. The third-order valence-electron chi connectivity index (χ3n) is 11.7. The molecular formula is C32H44N4O2. The Bertz CT molecular complexity index is 1280. The van der Waals surface area contributed by atoms with Crippen molar-refractivity contribution in [2.24, 2.45) is 29.1 Å². The second-order valence-corrected chi connectivity index (χ2v) is 13.8. The molecule has 204 valence electrons. The summed E-state index contributed by atoms with van der Waals surface area (Å²) in [5, 5.41) is 9.79. The molecule has 6 nitrogen and oxygen atoms in total. The van der Waals surface area contributed by atoms with Crippen molar-refractivity contribution in [2.75, 3.05) is 24.5 Å². The van der Waals surface area contributed by atoms with Crippen LogP contribution in [0.2, 0.25) is 0 Å². The second kappa shape index (κ2) is 9.11. The van der Waals surface area contributed by atoms with E-state index in [0.717, 1.165) is 41.6 Å². The summed E-state index contributed by atoms with van der Waals surface area (Å²) in [7, 11) is 0. The quantitative estimate of drug-likeness (QED) is 0.483. The first-order valence-corrected chi connectivity index (χ1v) is 15.2. The fourth-order valence-electron chi connectivity index (χ4n) is 9.22. The average Bonchev–Trinajstić information content (AvgIpc) is 2.86. The minimum absolute atomic E-state index is 0.0271. The highest BCUT2D eigenvalue weighted by Gasteiger charge is 2.54. The van der Waals surface area contributed by atoms with Crippen LogP contribution in [0.1, 0.15) is 77.7 Å². The van der Waals surface area contributed by atoms with Gasteiger partial charge in [0.1, 0.15) is 0 Å². The lowest BCUT2D eigenvalue weighted by atomic mass is 9.45. The SMILES string of the molecule is C=C(O)C1CN(c2nc3ccccc3n(C3C[C@H]4CCC[C@@H](C3)N4CC[C@@H]3CC[C@H]4C[C@@H]3C4(C)C)c2=O)C1. The summed E-state index contributed by atoms with van der Waals surface area (Å²) in [5.41, 5.74) is 2.45. The van der Waals surface area contributed by atoms with Gasteiger partial charge in [0, 0.05) is 31.2 Å². The molecular weight excluding hydrogens is 472 g/mol. The molecule has 4 bridgehead atoms. The molecule has 1 aromatic carbocycles. The molecule has 3 aliphatic heterocycles. The van der Waals surface area contributed by atoms with Crippen molar-refractivity contribution in [3.63, 3.8) is 0 Å². The van der Waals surface area contributed by atoms with Crippen molar-refractivity contribution >= 4 is 16.9 Å². The monoisotopic (exact) mass is 516 g/mol. The number of hydrogen-bond acceptors (Lipinski definition) is 5. The van der Waals surface area contributed by atoms with Crippen molar-refractivity contribution in [1.29, 1.82) is 0 Å². The normalized spacial score (nSPS) is 34.5. The van der Waals surface area contributed by atoms with Crippen LogP contribution in [0.15, 0.2) is 41.4 Å². The number of fused-ring (bicyclic) bond motifs is 5. The molecule has 3 aliphatic carbocycles. The fourth-order valence-corrected chi connectivity index (χ4v) is 9.22. The van der Waals surface area contributed by atoms with Crippen molar-refractivity contribution in [3.8, 4) is 0 Å². The Balaban J connectivity index is 1.13. The highest BCUT2D eigenvalue weighted by Crippen LogP contribution is 2.62. The van der Waals surface area contributed by atoms with Crippen molar-refractivity contribution < 1.29 is 5.11 Å². The van der Waals surface area contributed by atoms with Crippen LogP contribution >= 0.6 is 0 Å². The molecule has 6 atom stereocenters. The van der Waals surface area contributed by atoms with Crippen LogP contribution in [0.4, 0.5) is 5.82 Å². The van der Waals surface area contributed by atoms with Gasteiger partial charge >= 0.3 is 0 Å². The number of aliphatic hydroxyl groups excluding tert-OH is 1. The Kier molecular flexibility index (Phi) is 5.92. The van der Waals surface area contributed by atoms with Crippen LogP contribution in [0.3, 0.4) is 0 Å². The zero-order valence-corrected chi connectivity index (χ0v) is 23.2. The van der Waals surface area contributed by atoms with Gasteiger partial charge in [-0.15, -0.1) is 0 Å².